The summed E-state index contributed by atoms with van der Waals surface area (Å²) in [5.74, 6) is -0.492. The van der Waals surface area contributed by atoms with Crippen LogP contribution in [-0.4, -0.2) is 31.5 Å². The summed E-state index contributed by atoms with van der Waals surface area (Å²) in [6.45, 7) is 0.439. The Labute approximate surface area is 200 Å². The predicted molar refractivity (Wildman–Crippen MR) is 132 cm³/mol. The first kappa shape index (κ1) is 24.9. The fourth-order valence-electron chi connectivity index (χ4n) is 4.00. The van der Waals surface area contributed by atoms with Gasteiger partial charge in [-0.1, -0.05) is 54.6 Å². The molecule has 1 atom stereocenters. The van der Waals surface area contributed by atoms with Gasteiger partial charge in [-0.2, -0.15) is 0 Å². The van der Waals surface area contributed by atoms with Crippen molar-refractivity contribution >= 4 is 28.0 Å². The summed E-state index contributed by atoms with van der Waals surface area (Å²) in [4.78, 5) is -1.64. The van der Waals surface area contributed by atoms with Crippen molar-refractivity contribution in [2.75, 3.05) is 14.2 Å². The maximum Gasteiger partial charge on any atom is 0.273 e. The molecule has 0 saturated heterocycles. The minimum atomic E-state index is -4.14. The Balaban J connectivity index is 0.00000306. The second kappa shape index (κ2) is 10.1. The van der Waals surface area contributed by atoms with Crippen LogP contribution in [0.1, 0.15) is 17.5 Å². The Morgan fingerprint density at radius 2 is 1.82 bits per heavy atom. The number of rotatable bonds is 7. The monoisotopic (exact) mass is 488 g/mol. The van der Waals surface area contributed by atoms with Crippen molar-refractivity contribution in [2.24, 2.45) is 0 Å². The Morgan fingerprint density at radius 3 is 2.48 bits per heavy atom. The second-order valence-corrected chi connectivity index (χ2v) is 9.69. The molecular formula is C25H26ClFN2O3S. The molecule has 0 saturated carbocycles. The molecule has 4 rings (SSSR count). The Morgan fingerprint density at radius 1 is 1.12 bits per heavy atom. The molecule has 0 radical (unpaired) electrons. The molecule has 5 nitrogen and oxygen atoms in total. The lowest BCUT2D eigenvalue weighted by atomic mass is 9.95. The molecule has 1 heterocycles. The number of nitrogens with one attached hydrogen (secondary N) is 1. The molecule has 33 heavy (non-hydrogen) atoms. The van der Waals surface area contributed by atoms with Crippen LogP contribution in [0.3, 0.4) is 0 Å². The summed E-state index contributed by atoms with van der Waals surface area (Å²) in [6, 6.07) is 17.4. The maximum atomic E-state index is 14.7. The van der Waals surface area contributed by atoms with E-state index in [2.05, 4.69) is 5.32 Å². The smallest absolute Gasteiger partial charge is 0.273 e. The van der Waals surface area contributed by atoms with Gasteiger partial charge in [0.15, 0.2) is 0 Å². The lowest BCUT2D eigenvalue weighted by Gasteiger charge is -2.33. The van der Waals surface area contributed by atoms with Gasteiger partial charge < -0.3 is 10.1 Å². The number of benzene rings is 2. The number of ether oxygens (including phenoxy) is 1. The summed E-state index contributed by atoms with van der Waals surface area (Å²) in [7, 11) is -0.980. The molecule has 1 unspecified atom stereocenters. The van der Waals surface area contributed by atoms with Crippen LogP contribution < -0.4 is 5.32 Å². The lowest BCUT2D eigenvalue weighted by Crippen LogP contribution is -2.43. The number of methoxy groups -OCH3 is 1. The summed E-state index contributed by atoms with van der Waals surface area (Å²) in [5.41, 5.74) is 2.95. The Kier molecular flexibility index (Phi) is 7.59. The highest BCUT2D eigenvalue weighted by Gasteiger charge is 2.46. The normalized spacial score (nSPS) is 18.0. The van der Waals surface area contributed by atoms with Crippen molar-refractivity contribution in [2.45, 2.75) is 17.9 Å². The molecule has 0 spiro atoms. The zero-order chi connectivity index (χ0) is 22.8. The van der Waals surface area contributed by atoms with Crippen molar-refractivity contribution in [1.82, 2.24) is 9.29 Å². The van der Waals surface area contributed by atoms with Crippen LogP contribution in [0.25, 0.3) is 16.8 Å². The molecule has 2 aromatic carbocycles. The fourth-order valence-corrected chi connectivity index (χ4v) is 5.81. The number of hydrogen-bond acceptors (Lipinski definition) is 4. The summed E-state index contributed by atoms with van der Waals surface area (Å²) >= 11 is 0. The molecule has 174 valence electrons. The molecule has 0 amide bonds. The van der Waals surface area contributed by atoms with Gasteiger partial charge in [0.05, 0.1) is 5.69 Å². The first-order valence-electron chi connectivity index (χ1n) is 10.3. The minimum Gasteiger partial charge on any atom is -0.357 e. The van der Waals surface area contributed by atoms with Crippen LogP contribution in [0, 0.1) is 5.82 Å². The van der Waals surface area contributed by atoms with Crippen molar-refractivity contribution in [1.29, 1.82) is 0 Å². The van der Waals surface area contributed by atoms with Gasteiger partial charge in [0, 0.05) is 31.8 Å². The van der Waals surface area contributed by atoms with E-state index in [9.17, 15) is 12.8 Å². The summed E-state index contributed by atoms with van der Waals surface area (Å²) < 4.78 is 49.6. The van der Waals surface area contributed by atoms with Gasteiger partial charge in [0.2, 0.25) is 4.93 Å². The molecule has 0 fully saturated rings. The van der Waals surface area contributed by atoms with Crippen LogP contribution in [0.15, 0.2) is 85.1 Å². The van der Waals surface area contributed by atoms with Crippen LogP contribution in [0.2, 0.25) is 0 Å². The van der Waals surface area contributed by atoms with E-state index >= 15 is 0 Å². The van der Waals surface area contributed by atoms with Crippen molar-refractivity contribution < 1.29 is 17.5 Å². The maximum absolute atomic E-state index is 14.7. The van der Waals surface area contributed by atoms with Crippen molar-refractivity contribution in [3.05, 3.63) is 102 Å². The lowest BCUT2D eigenvalue weighted by molar-refractivity contribution is 0.104. The summed E-state index contributed by atoms with van der Waals surface area (Å²) in [6.07, 6.45) is 6.80. The molecule has 0 aliphatic heterocycles. The molecule has 0 bridgehead atoms. The van der Waals surface area contributed by atoms with Gasteiger partial charge in [-0.15, -0.1) is 12.4 Å². The molecule has 3 aromatic rings. The molecule has 1 aliphatic rings. The largest absolute Gasteiger partial charge is 0.357 e. The highest BCUT2D eigenvalue weighted by Crippen LogP contribution is 2.39. The number of nitrogens with zero attached hydrogens (tertiary/aromatic N) is 1. The van der Waals surface area contributed by atoms with Gasteiger partial charge in [-0.3, -0.25) is 0 Å². The zero-order valence-corrected chi connectivity index (χ0v) is 20.0. The SMILES string of the molecule is CNCc1cc(-c2ccccc2F)n(S(=O)(=O)C2(OC)C=CC=C(c3ccccc3)C2)c1.Cl. The average Bonchev–Trinajstić information content (AvgIpc) is 3.24. The molecule has 1 N–H and O–H groups in total. The van der Waals surface area contributed by atoms with E-state index in [0.29, 0.717) is 6.54 Å². The highest BCUT2D eigenvalue weighted by molar-refractivity contribution is 7.91. The molecule has 8 heteroatoms. The number of halogens is 2. The van der Waals surface area contributed by atoms with Crippen LogP contribution in [0.4, 0.5) is 4.39 Å². The van der Waals surface area contributed by atoms with E-state index in [0.717, 1.165) is 20.7 Å². The van der Waals surface area contributed by atoms with Gasteiger partial charge >= 0.3 is 0 Å². The van der Waals surface area contributed by atoms with Crippen LogP contribution in [-0.2, 0) is 21.3 Å². The van der Waals surface area contributed by atoms with Crippen LogP contribution >= 0.6 is 12.4 Å². The van der Waals surface area contributed by atoms with Crippen LogP contribution in [0.5, 0.6) is 0 Å². The first-order valence-corrected chi connectivity index (χ1v) is 11.7. The Bertz CT molecular complexity index is 1290. The second-order valence-electron chi connectivity index (χ2n) is 7.65. The highest BCUT2D eigenvalue weighted by atomic mass is 35.5. The van der Waals surface area contributed by atoms with Gasteiger partial charge in [0.25, 0.3) is 10.0 Å². The fraction of sp³-hybridized carbons (Fsp3) is 0.200. The van der Waals surface area contributed by atoms with Gasteiger partial charge in [-0.25, -0.2) is 16.8 Å². The third kappa shape index (κ3) is 4.54. The van der Waals surface area contributed by atoms with Gasteiger partial charge in [0.1, 0.15) is 5.82 Å². The topological polar surface area (TPSA) is 60.3 Å². The minimum absolute atomic E-state index is 0. The van der Waals surface area contributed by atoms with Crippen molar-refractivity contribution in [3.8, 4) is 11.3 Å². The van der Waals surface area contributed by atoms with Crippen molar-refractivity contribution in [3.63, 3.8) is 0 Å². The van der Waals surface area contributed by atoms with Gasteiger partial charge in [-0.05, 0) is 48.0 Å². The molecule has 1 aromatic heterocycles. The Hall–Kier alpha value is -2.71. The number of aromatic nitrogens is 1. The molecular weight excluding hydrogens is 463 g/mol. The molecule has 1 aliphatic carbocycles. The quantitative estimate of drug-likeness (QED) is 0.508. The van der Waals surface area contributed by atoms with E-state index in [4.69, 9.17) is 4.74 Å². The zero-order valence-electron chi connectivity index (χ0n) is 18.4. The number of allylic oxidation sites excluding steroid dienone is 2. The average molecular weight is 489 g/mol. The third-order valence-corrected chi connectivity index (χ3v) is 7.78. The number of hydrogen-bond donors (Lipinski definition) is 1. The third-order valence-electron chi connectivity index (χ3n) is 5.64. The standard InChI is InChI=1S/C25H25FN2O3S.ClH/c1-27-17-19-15-24(22-12-6-7-13-23(22)26)28(18-19)32(29,30)25(31-2)14-8-11-21(16-25)20-9-4-3-5-10-20;/h3-15,18,27H,16-17H2,1-2H3;1H. The predicted octanol–water partition coefficient (Wildman–Crippen LogP) is 5.00. The first-order chi connectivity index (χ1) is 15.4. The van der Waals surface area contributed by atoms with E-state index in [1.54, 1.807) is 43.5 Å². The van der Waals surface area contributed by atoms with E-state index in [-0.39, 0.29) is 30.1 Å². The summed E-state index contributed by atoms with van der Waals surface area (Å²) in [5, 5.41) is 3.02. The van der Waals surface area contributed by atoms with E-state index < -0.39 is 20.8 Å². The van der Waals surface area contributed by atoms with E-state index in [1.165, 1.54) is 19.4 Å². The van der Waals surface area contributed by atoms with E-state index in [1.807, 2.05) is 36.4 Å².